The van der Waals surface area contributed by atoms with E-state index in [0.29, 0.717) is 11.5 Å². The van der Waals surface area contributed by atoms with Gasteiger partial charge in [-0.1, -0.05) is 18.2 Å². The summed E-state index contributed by atoms with van der Waals surface area (Å²) in [6.45, 7) is 0.281. The Morgan fingerprint density at radius 1 is 1.29 bits per heavy atom. The average molecular weight is 286 g/mol. The van der Waals surface area contributed by atoms with Crippen LogP contribution in [0.5, 0.6) is 0 Å². The topological polar surface area (TPSA) is 87.6 Å². The molecule has 1 atom stereocenters. The summed E-state index contributed by atoms with van der Waals surface area (Å²) in [5, 5.41) is 13.5. The predicted octanol–water partition coefficient (Wildman–Crippen LogP) is 0.968. The first kappa shape index (κ1) is 13.5. The van der Waals surface area contributed by atoms with Gasteiger partial charge in [0.2, 0.25) is 5.95 Å². The van der Waals surface area contributed by atoms with Crippen molar-refractivity contribution in [2.24, 2.45) is 0 Å². The zero-order valence-electron chi connectivity index (χ0n) is 11.1. The standard InChI is InChI=1S/C14H14N4O3/c19-12-8-18(21-9-12)13(20)10-6-15-14(16-7-10)17-11-4-2-1-3-5-11/h1-7,12,19H,8-9H2,(H,15,16,17)/t12-/m0/s1. The first-order valence-electron chi connectivity index (χ1n) is 6.49. The molecule has 21 heavy (non-hydrogen) atoms. The lowest BCUT2D eigenvalue weighted by Crippen LogP contribution is -2.28. The first-order chi connectivity index (χ1) is 10.2. The minimum absolute atomic E-state index is 0.125. The summed E-state index contributed by atoms with van der Waals surface area (Å²) < 4.78 is 0. The molecule has 1 aromatic carbocycles. The van der Waals surface area contributed by atoms with E-state index in [2.05, 4.69) is 15.3 Å². The summed E-state index contributed by atoms with van der Waals surface area (Å²) in [6, 6.07) is 9.49. The smallest absolute Gasteiger partial charge is 0.280 e. The van der Waals surface area contributed by atoms with Gasteiger partial charge in [0.1, 0.15) is 12.7 Å². The molecule has 0 spiro atoms. The van der Waals surface area contributed by atoms with Crippen molar-refractivity contribution < 1.29 is 14.7 Å². The molecule has 7 heteroatoms. The van der Waals surface area contributed by atoms with Crippen molar-refractivity contribution in [3.05, 3.63) is 48.3 Å². The van der Waals surface area contributed by atoms with Crippen molar-refractivity contribution in [3.63, 3.8) is 0 Å². The van der Waals surface area contributed by atoms with E-state index < -0.39 is 6.10 Å². The zero-order chi connectivity index (χ0) is 14.7. The van der Waals surface area contributed by atoms with Gasteiger partial charge in [-0.25, -0.2) is 15.0 Å². The summed E-state index contributed by atoms with van der Waals surface area (Å²) in [5.41, 5.74) is 1.17. The quantitative estimate of drug-likeness (QED) is 0.874. The van der Waals surface area contributed by atoms with Crippen molar-refractivity contribution in [3.8, 4) is 0 Å². The van der Waals surface area contributed by atoms with Gasteiger partial charge in [-0.15, -0.1) is 0 Å². The van der Waals surface area contributed by atoms with Crippen molar-refractivity contribution in [2.75, 3.05) is 18.5 Å². The Kier molecular flexibility index (Phi) is 3.76. The van der Waals surface area contributed by atoms with Crippen LogP contribution in [-0.2, 0) is 4.84 Å². The molecule has 0 saturated carbocycles. The molecular weight excluding hydrogens is 272 g/mol. The summed E-state index contributed by atoms with van der Waals surface area (Å²) in [7, 11) is 0. The van der Waals surface area contributed by atoms with Gasteiger partial charge in [0, 0.05) is 18.1 Å². The van der Waals surface area contributed by atoms with Crippen LogP contribution in [0.3, 0.4) is 0 Å². The number of benzene rings is 1. The molecule has 0 radical (unpaired) electrons. The Balaban J connectivity index is 1.68. The predicted molar refractivity (Wildman–Crippen MR) is 74.8 cm³/mol. The Bertz CT molecular complexity index is 618. The number of carbonyl (C=O) groups excluding carboxylic acids is 1. The second kappa shape index (κ2) is 5.86. The summed E-state index contributed by atoms with van der Waals surface area (Å²) in [4.78, 5) is 25.3. The summed E-state index contributed by atoms with van der Waals surface area (Å²) >= 11 is 0. The highest BCUT2D eigenvalue weighted by Crippen LogP contribution is 2.14. The van der Waals surface area contributed by atoms with E-state index >= 15 is 0 Å². The fourth-order valence-corrected chi connectivity index (χ4v) is 1.91. The van der Waals surface area contributed by atoms with E-state index in [9.17, 15) is 9.90 Å². The minimum atomic E-state index is -0.645. The van der Waals surface area contributed by atoms with Crippen molar-refractivity contribution in [1.82, 2.24) is 15.0 Å². The molecule has 1 aromatic heterocycles. The van der Waals surface area contributed by atoms with Crippen LogP contribution < -0.4 is 5.32 Å². The maximum Gasteiger partial charge on any atom is 0.280 e. The Hall–Kier alpha value is -2.51. The van der Waals surface area contributed by atoms with E-state index in [0.717, 1.165) is 10.8 Å². The molecule has 0 aliphatic carbocycles. The Morgan fingerprint density at radius 3 is 2.62 bits per heavy atom. The number of amides is 1. The number of hydrogen-bond donors (Lipinski definition) is 2. The van der Waals surface area contributed by atoms with Gasteiger partial charge in [-0.2, -0.15) is 0 Å². The third-order valence-corrected chi connectivity index (χ3v) is 2.95. The van der Waals surface area contributed by atoms with Gasteiger partial charge in [-0.3, -0.25) is 9.63 Å². The van der Waals surface area contributed by atoms with Gasteiger partial charge in [0.05, 0.1) is 12.1 Å². The summed E-state index contributed by atoms with van der Waals surface area (Å²) in [6.07, 6.45) is 2.21. The number of nitrogens with zero attached hydrogens (tertiary/aromatic N) is 3. The molecule has 7 nitrogen and oxygen atoms in total. The third kappa shape index (κ3) is 3.15. The summed E-state index contributed by atoms with van der Waals surface area (Å²) in [5.74, 6) is 0.0398. The molecule has 0 unspecified atom stereocenters. The lowest BCUT2D eigenvalue weighted by molar-refractivity contribution is -0.0780. The van der Waals surface area contributed by atoms with E-state index in [1.165, 1.54) is 12.4 Å². The highest BCUT2D eigenvalue weighted by atomic mass is 16.7. The largest absolute Gasteiger partial charge is 0.389 e. The minimum Gasteiger partial charge on any atom is -0.389 e. The maximum atomic E-state index is 12.1. The molecule has 1 amide bonds. The second-order valence-corrected chi connectivity index (χ2v) is 4.60. The number of nitrogens with one attached hydrogen (secondary N) is 1. The molecule has 0 bridgehead atoms. The monoisotopic (exact) mass is 286 g/mol. The number of β-amino-alcohol motifs (C(OH)–C–C–N with tert-alkyl or cyclic N) is 1. The van der Waals surface area contributed by atoms with Crippen LogP contribution in [-0.4, -0.2) is 45.3 Å². The number of carbonyl (C=O) groups is 1. The lowest BCUT2D eigenvalue weighted by atomic mass is 10.3. The molecule has 1 saturated heterocycles. The first-order valence-corrected chi connectivity index (χ1v) is 6.49. The number of aromatic nitrogens is 2. The van der Waals surface area contributed by atoms with Gasteiger partial charge in [-0.05, 0) is 12.1 Å². The SMILES string of the molecule is O=C(c1cnc(Nc2ccccc2)nc1)N1C[C@H](O)CO1. The van der Waals surface area contributed by atoms with E-state index in [4.69, 9.17) is 4.84 Å². The number of aliphatic hydroxyl groups excluding tert-OH is 1. The molecule has 108 valence electrons. The van der Waals surface area contributed by atoms with Crippen LogP contribution in [0.2, 0.25) is 0 Å². The number of aliphatic hydroxyl groups is 1. The number of anilines is 2. The fourth-order valence-electron chi connectivity index (χ4n) is 1.91. The van der Waals surface area contributed by atoms with Gasteiger partial charge < -0.3 is 10.4 Å². The van der Waals surface area contributed by atoms with E-state index in [-0.39, 0.29) is 19.1 Å². The van der Waals surface area contributed by atoms with Crippen LogP contribution in [0, 0.1) is 0 Å². The molecule has 1 aliphatic heterocycles. The van der Waals surface area contributed by atoms with Gasteiger partial charge in [0.15, 0.2) is 0 Å². The number of hydroxylamine groups is 2. The third-order valence-electron chi connectivity index (χ3n) is 2.95. The van der Waals surface area contributed by atoms with Gasteiger partial charge in [0.25, 0.3) is 5.91 Å². The van der Waals surface area contributed by atoms with E-state index in [1.54, 1.807) is 0 Å². The molecule has 1 aliphatic rings. The zero-order valence-corrected chi connectivity index (χ0v) is 11.1. The fraction of sp³-hybridized carbons (Fsp3) is 0.214. The molecule has 2 N–H and O–H groups in total. The van der Waals surface area contributed by atoms with Crippen LogP contribution >= 0.6 is 0 Å². The molecule has 3 rings (SSSR count). The average Bonchev–Trinajstić information content (AvgIpc) is 2.95. The van der Waals surface area contributed by atoms with Gasteiger partial charge >= 0.3 is 0 Å². The molecule has 2 heterocycles. The van der Waals surface area contributed by atoms with Crippen LogP contribution in [0.4, 0.5) is 11.6 Å². The number of rotatable bonds is 3. The molecular formula is C14H14N4O3. The van der Waals surface area contributed by atoms with E-state index in [1.807, 2.05) is 30.3 Å². The number of para-hydroxylation sites is 1. The maximum absolute atomic E-state index is 12.1. The lowest BCUT2D eigenvalue weighted by Gasteiger charge is -2.13. The van der Waals surface area contributed by atoms with Crippen molar-refractivity contribution in [2.45, 2.75) is 6.10 Å². The number of hydrogen-bond acceptors (Lipinski definition) is 6. The van der Waals surface area contributed by atoms with Crippen LogP contribution in [0.25, 0.3) is 0 Å². The second-order valence-electron chi connectivity index (χ2n) is 4.60. The van der Waals surface area contributed by atoms with Crippen LogP contribution in [0.1, 0.15) is 10.4 Å². The highest BCUT2D eigenvalue weighted by Gasteiger charge is 2.27. The van der Waals surface area contributed by atoms with Crippen LogP contribution in [0.15, 0.2) is 42.7 Å². The highest BCUT2D eigenvalue weighted by molar-refractivity contribution is 5.93. The molecule has 2 aromatic rings. The normalized spacial score (nSPS) is 17.8. The Morgan fingerprint density at radius 2 is 2.00 bits per heavy atom. The van der Waals surface area contributed by atoms with Crippen molar-refractivity contribution in [1.29, 1.82) is 0 Å². The van der Waals surface area contributed by atoms with Crippen molar-refractivity contribution >= 4 is 17.5 Å². The Labute approximate surface area is 121 Å². The molecule has 1 fully saturated rings.